The van der Waals surface area contributed by atoms with Gasteiger partial charge in [-0.05, 0) is 29.8 Å². The Morgan fingerprint density at radius 2 is 1.68 bits per heavy atom. The van der Waals surface area contributed by atoms with Gasteiger partial charge in [0.15, 0.2) is 17.5 Å². The molecule has 3 rings (SSSR count). The largest absolute Gasteiger partial charge is 0.378 e. The highest BCUT2D eigenvalue weighted by molar-refractivity contribution is 5.94. The summed E-state index contributed by atoms with van der Waals surface area (Å²) in [6.07, 6.45) is 0. The molecule has 0 atom stereocenters. The van der Waals surface area contributed by atoms with Crippen molar-refractivity contribution in [2.24, 2.45) is 0 Å². The highest BCUT2D eigenvalue weighted by Crippen LogP contribution is 2.17. The third-order valence-corrected chi connectivity index (χ3v) is 4.05. The Hall–Kier alpha value is -2.54. The molecule has 1 aliphatic rings. The van der Waals surface area contributed by atoms with Crippen molar-refractivity contribution in [2.75, 3.05) is 31.2 Å². The molecule has 1 aliphatic heterocycles. The van der Waals surface area contributed by atoms with Gasteiger partial charge in [-0.2, -0.15) is 0 Å². The Morgan fingerprint density at radius 3 is 2.36 bits per heavy atom. The van der Waals surface area contributed by atoms with Crippen LogP contribution in [0, 0.1) is 17.5 Å². The van der Waals surface area contributed by atoms with Crippen LogP contribution >= 0.6 is 0 Å². The number of halogens is 3. The molecule has 1 N–H and O–H groups in total. The molecule has 2 aromatic rings. The van der Waals surface area contributed by atoms with Crippen molar-refractivity contribution in [1.29, 1.82) is 0 Å². The third-order valence-electron chi connectivity index (χ3n) is 4.05. The van der Waals surface area contributed by atoms with Crippen LogP contribution < -0.4 is 10.2 Å². The molecule has 1 saturated heterocycles. The van der Waals surface area contributed by atoms with Crippen LogP contribution in [0.25, 0.3) is 0 Å². The van der Waals surface area contributed by atoms with E-state index in [0.717, 1.165) is 36.5 Å². The minimum Gasteiger partial charge on any atom is -0.378 e. The van der Waals surface area contributed by atoms with Crippen molar-refractivity contribution in [1.82, 2.24) is 5.32 Å². The van der Waals surface area contributed by atoms with Crippen molar-refractivity contribution in [2.45, 2.75) is 6.54 Å². The van der Waals surface area contributed by atoms with Crippen LogP contribution in [0.3, 0.4) is 0 Å². The van der Waals surface area contributed by atoms with Gasteiger partial charge < -0.3 is 15.0 Å². The van der Waals surface area contributed by atoms with Gasteiger partial charge in [-0.3, -0.25) is 4.79 Å². The first kappa shape index (κ1) is 17.3. The monoisotopic (exact) mass is 350 g/mol. The van der Waals surface area contributed by atoms with Crippen LogP contribution in [0.1, 0.15) is 15.9 Å². The van der Waals surface area contributed by atoms with Crippen LogP contribution in [0.4, 0.5) is 18.9 Å². The Bertz CT molecular complexity index is 760. The number of ether oxygens (including phenoxy) is 1. The van der Waals surface area contributed by atoms with Gasteiger partial charge in [0.2, 0.25) is 0 Å². The lowest BCUT2D eigenvalue weighted by atomic mass is 10.1. The second-order valence-electron chi connectivity index (χ2n) is 5.67. The molecule has 1 heterocycles. The number of hydrogen-bond acceptors (Lipinski definition) is 3. The maximum absolute atomic E-state index is 13.6. The Morgan fingerprint density at radius 1 is 1.00 bits per heavy atom. The molecule has 2 aromatic carbocycles. The van der Waals surface area contributed by atoms with Crippen LogP contribution in [-0.4, -0.2) is 32.2 Å². The molecule has 132 valence electrons. The molecular formula is C18H17F3N2O2. The van der Waals surface area contributed by atoms with Crippen molar-refractivity contribution < 1.29 is 22.7 Å². The molecule has 0 saturated carbocycles. The number of anilines is 1. The first-order valence-electron chi connectivity index (χ1n) is 7.89. The summed E-state index contributed by atoms with van der Waals surface area (Å²) in [5, 5.41) is 2.50. The van der Waals surface area contributed by atoms with E-state index in [1.807, 2.05) is 24.3 Å². The number of morpholine rings is 1. The average molecular weight is 350 g/mol. The summed E-state index contributed by atoms with van der Waals surface area (Å²) in [5.41, 5.74) is 1.35. The minimum absolute atomic E-state index is 0.153. The normalized spacial score (nSPS) is 14.4. The van der Waals surface area contributed by atoms with E-state index in [-0.39, 0.29) is 6.54 Å². The molecule has 7 heteroatoms. The van der Waals surface area contributed by atoms with Crippen molar-refractivity contribution in [3.8, 4) is 0 Å². The summed E-state index contributed by atoms with van der Waals surface area (Å²) in [4.78, 5) is 14.2. The molecule has 0 aromatic heterocycles. The molecule has 0 aliphatic carbocycles. The van der Waals surface area contributed by atoms with Crippen LogP contribution in [0.15, 0.2) is 36.4 Å². The smallest absolute Gasteiger partial charge is 0.254 e. The van der Waals surface area contributed by atoms with Crippen LogP contribution in [0.2, 0.25) is 0 Å². The van der Waals surface area contributed by atoms with E-state index in [0.29, 0.717) is 13.2 Å². The second-order valence-corrected chi connectivity index (χ2v) is 5.67. The number of nitrogens with zero attached hydrogens (tertiary/aromatic N) is 1. The fraction of sp³-hybridized carbons (Fsp3) is 0.278. The van der Waals surface area contributed by atoms with Crippen LogP contribution in [-0.2, 0) is 11.3 Å². The maximum Gasteiger partial charge on any atom is 0.254 e. The standard InChI is InChI=1S/C18H17F3N2O2/c19-15-6-5-14(16(20)17(15)21)18(24)22-11-12-1-3-13(4-2-12)23-7-9-25-10-8-23/h1-6H,7-11H2,(H,22,24). The molecular weight excluding hydrogens is 333 g/mol. The summed E-state index contributed by atoms with van der Waals surface area (Å²) in [7, 11) is 0. The molecule has 0 spiro atoms. The summed E-state index contributed by atoms with van der Waals surface area (Å²) in [6, 6.07) is 9.23. The van der Waals surface area contributed by atoms with Gasteiger partial charge in [0.25, 0.3) is 5.91 Å². The quantitative estimate of drug-likeness (QED) is 0.862. The molecule has 0 unspecified atom stereocenters. The number of benzene rings is 2. The van der Waals surface area contributed by atoms with Gasteiger partial charge in [0.1, 0.15) is 0 Å². The maximum atomic E-state index is 13.6. The molecule has 4 nitrogen and oxygen atoms in total. The predicted octanol–water partition coefficient (Wildman–Crippen LogP) is 2.87. The van der Waals surface area contributed by atoms with E-state index in [9.17, 15) is 18.0 Å². The number of carbonyl (C=O) groups is 1. The lowest BCUT2D eigenvalue weighted by molar-refractivity contribution is 0.0945. The van der Waals surface area contributed by atoms with Crippen molar-refractivity contribution >= 4 is 11.6 Å². The predicted molar refractivity (Wildman–Crippen MR) is 87.0 cm³/mol. The zero-order valence-corrected chi connectivity index (χ0v) is 13.4. The van der Waals surface area contributed by atoms with Gasteiger partial charge >= 0.3 is 0 Å². The van der Waals surface area contributed by atoms with Crippen molar-refractivity contribution in [3.05, 3.63) is 65.0 Å². The summed E-state index contributed by atoms with van der Waals surface area (Å²) in [6.45, 7) is 3.19. The summed E-state index contributed by atoms with van der Waals surface area (Å²) < 4.78 is 45.0. The molecule has 25 heavy (non-hydrogen) atoms. The summed E-state index contributed by atoms with van der Waals surface area (Å²) in [5.74, 6) is -5.26. The number of hydrogen-bond donors (Lipinski definition) is 1. The number of amides is 1. The van der Waals surface area contributed by atoms with E-state index in [1.165, 1.54) is 0 Å². The van der Waals surface area contributed by atoms with Gasteiger partial charge in [0, 0.05) is 25.3 Å². The Balaban J connectivity index is 1.61. The first-order valence-corrected chi connectivity index (χ1v) is 7.89. The van der Waals surface area contributed by atoms with Gasteiger partial charge in [-0.1, -0.05) is 12.1 Å². The average Bonchev–Trinajstić information content (AvgIpc) is 2.65. The van der Waals surface area contributed by atoms with E-state index in [1.54, 1.807) is 0 Å². The fourth-order valence-electron chi connectivity index (χ4n) is 2.62. The lowest BCUT2D eigenvalue weighted by Crippen LogP contribution is -2.36. The molecule has 1 amide bonds. The second kappa shape index (κ2) is 7.57. The topological polar surface area (TPSA) is 41.6 Å². The number of carbonyl (C=O) groups excluding carboxylic acids is 1. The first-order chi connectivity index (χ1) is 12.1. The van der Waals surface area contributed by atoms with Gasteiger partial charge in [0.05, 0.1) is 18.8 Å². The highest BCUT2D eigenvalue weighted by Gasteiger charge is 2.18. The van der Waals surface area contributed by atoms with E-state index in [2.05, 4.69) is 10.2 Å². The zero-order valence-electron chi connectivity index (χ0n) is 13.4. The van der Waals surface area contributed by atoms with E-state index >= 15 is 0 Å². The Kier molecular flexibility index (Phi) is 5.23. The highest BCUT2D eigenvalue weighted by atomic mass is 19.2. The SMILES string of the molecule is O=C(NCc1ccc(N2CCOCC2)cc1)c1ccc(F)c(F)c1F. The molecule has 0 bridgehead atoms. The molecule has 1 fully saturated rings. The fourth-order valence-corrected chi connectivity index (χ4v) is 2.62. The van der Waals surface area contributed by atoms with Crippen molar-refractivity contribution in [3.63, 3.8) is 0 Å². The minimum atomic E-state index is -1.65. The van der Waals surface area contributed by atoms with Gasteiger partial charge in [-0.15, -0.1) is 0 Å². The number of nitrogens with one attached hydrogen (secondary N) is 1. The summed E-state index contributed by atoms with van der Waals surface area (Å²) >= 11 is 0. The Labute approximate surface area is 143 Å². The number of rotatable bonds is 4. The van der Waals surface area contributed by atoms with Crippen LogP contribution in [0.5, 0.6) is 0 Å². The third kappa shape index (κ3) is 3.93. The van der Waals surface area contributed by atoms with Gasteiger partial charge in [-0.25, -0.2) is 13.2 Å². The van der Waals surface area contributed by atoms with E-state index < -0.39 is 28.9 Å². The zero-order chi connectivity index (χ0) is 17.8. The van der Waals surface area contributed by atoms with E-state index in [4.69, 9.17) is 4.74 Å². The molecule has 0 radical (unpaired) electrons. The lowest BCUT2D eigenvalue weighted by Gasteiger charge is -2.28.